The first kappa shape index (κ1) is 7.53. The summed E-state index contributed by atoms with van der Waals surface area (Å²) in [6.07, 6.45) is 2.37. The molecule has 2 saturated carbocycles. The van der Waals surface area contributed by atoms with E-state index in [0.717, 1.165) is 12.8 Å². The van der Waals surface area contributed by atoms with Gasteiger partial charge in [0.1, 0.15) is 0 Å². The molecule has 3 nitrogen and oxygen atoms in total. The lowest BCUT2D eigenvalue weighted by atomic mass is 9.85. The van der Waals surface area contributed by atoms with Gasteiger partial charge in [-0.15, -0.1) is 0 Å². The predicted molar refractivity (Wildman–Crippen MR) is 38.6 cm³/mol. The minimum atomic E-state index is -1.48. The van der Waals surface area contributed by atoms with Gasteiger partial charge in [0.05, 0.1) is 0 Å². The lowest BCUT2D eigenvalue weighted by Gasteiger charge is -2.31. The lowest BCUT2D eigenvalue weighted by molar-refractivity contribution is -0.208. The van der Waals surface area contributed by atoms with Gasteiger partial charge in [-0.2, -0.15) is 0 Å². The van der Waals surface area contributed by atoms with Crippen molar-refractivity contribution in [3.63, 3.8) is 0 Å². The highest BCUT2D eigenvalue weighted by molar-refractivity contribution is 4.99. The van der Waals surface area contributed by atoms with E-state index in [-0.39, 0.29) is 18.4 Å². The molecule has 0 aromatic carbocycles. The van der Waals surface area contributed by atoms with Gasteiger partial charge in [-0.3, -0.25) is 0 Å². The first-order valence-corrected chi connectivity index (χ1v) is 4.19. The molecule has 3 atom stereocenters. The molecular formula is C8H14O3. The summed E-state index contributed by atoms with van der Waals surface area (Å²) in [5, 5.41) is 27.8. The van der Waals surface area contributed by atoms with Crippen LogP contribution < -0.4 is 0 Å². The second-order valence-electron chi connectivity index (χ2n) is 3.97. The first-order valence-electron chi connectivity index (χ1n) is 4.19. The van der Waals surface area contributed by atoms with Crippen LogP contribution in [0.1, 0.15) is 19.3 Å². The topological polar surface area (TPSA) is 60.7 Å². The number of hydrogen-bond acceptors (Lipinski definition) is 3. The van der Waals surface area contributed by atoms with Crippen molar-refractivity contribution in [2.45, 2.75) is 25.0 Å². The highest BCUT2D eigenvalue weighted by Crippen LogP contribution is 2.52. The Morgan fingerprint density at radius 2 is 2.00 bits per heavy atom. The molecule has 0 saturated heterocycles. The van der Waals surface area contributed by atoms with Crippen LogP contribution in [-0.4, -0.2) is 27.7 Å². The lowest BCUT2D eigenvalue weighted by Crippen LogP contribution is -2.40. The number of hydrogen-bond donors (Lipinski definition) is 3. The first-order chi connectivity index (χ1) is 5.13. The van der Waals surface area contributed by atoms with Crippen molar-refractivity contribution in [2.24, 2.45) is 17.8 Å². The summed E-state index contributed by atoms with van der Waals surface area (Å²) in [6, 6.07) is 0. The van der Waals surface area contributed by atoms with E-state index < -0.39 is 5.79 Å². The molecular weight excluding hydrogens is 144 g/mol. The monoisotopic (exact) mass is 158 g/mol. The molecule has 0 aliphatic heterocycles. The quantitative estimate of drug-likeness (QED) is 0.459. The summed E-state index contributed by atoms with van der Waals surface area (Å²) < 4.78 is 0. The van der Waals surface area contributed by atoms with Crippen molar-refractivity contribution in [3.05, 3.63) is 0 Å². The van der Waals surface area contributed by atoms with Crippen LogP contribution in [0.25, 0.3) is 0 Å². The molecule has 0 amide bonds. The molecule has 2 aliphatic rings. The third-order valence-corrected chi connectivity index (χ3v) is 3.21. The third-order valence-electron chi connectivity index (χ3n) is 3.21. The van der Waals surface area contributed by atoms with Crippen LogP contribution in [0.5, 0.6) is 0 Å². The SMILES string of the molecule is OCC1CC2CC1C(O)(O)C2. The molecule has 64 valence electrons. The summed E-state index contributed by atoms with van der Waals surface area (Å²) in [5.41, 5.74) is 0. The maximum absolute atomic E-state index is 9.43. The normalized spacial score (nSPS) is 46.6. The number of aliphatic hydroxyl groups excluding tert-OH is 1. The van der Waals surface area contributed by atoms with Gasteiger partial charge in [-0.05, 0) is 24.7 Å². The molecule has 2 aliphatic carbocycles. The molecule has 0 aromatic rings. The molecule has 0 heterocycles. The van der Waals surface area contributed by atoms with Crippen LogP contribution in [0.2, 0.25) is 0 Å². The fourth-order valence-electron chi connectivity index (χ4n) is 2.75. The predicted octanol–water partition coefficient (Wildman–Crippen LogP) is -0.294. The molecule has 0 aromatic heterocycles. The fourth-order valence-corrected chi connectivity index (χ4v) is 2.75. The van der Waals surface area contributed by atoms with Gasteiger partial charge in [-0.25, -0.2) is 0 Å². The Morgan fingerprint density at radius 3 is 2.36 bits per heavy atom. The van der Waals surface area contributed by atoms with Gasteiger partial charge in [-0.1, -0.05) is 0 Å². The molecule has 0 spiro atoms. The van der Waals surface area contributed by atoms with Crippen molar-refractivity contribution >= 4 is 0 Å². The van der Waals surface area contributed by atoms with Crippen molar-refractivity contribution in [3.8, 4) is 0 Å². The van der Waals surface area contributed by atoms with Crippen LogP contribution >= 0.6 is 0 Å². The molecule has 2 rings (SSSR count). The summed E-state index contributed by atoms with van der Waals surface area (Å²) in [7, 11) is 0. The highest BCUT2D eigenvalue weighted by Gasteiger charge is 2.53. The number of fused-ring (bicyclic) bond motifs is 2. The summed E-state index contributed by atoms with van der Waals surface area (Å²) in [5.74, 6) is -0.982. The zero-order valence-corrected chi connectivity index (χ0v) is 6.40. The Balaban J connectivity index is 2.14. The molecule has 2 bridgehead atoms. The zero-order valence-electron chi connectivity index (χ0n) is 6.40. The average Bonchev–Trinajstić information content (AvgIpc) is 2.41. The summed E-state index contributed by atoms with van der Waals surface area (Å²) in [4.78, 5) is 0. The van der Waals surface area contributed by atoms with E-state index in [0.29, 0.717) is 12.3 Å². The Hall–Kier alpha value is -0.120. The minimum Gasteiger partial charge on any atom is -0.396 e. The summed E-state index contributed by atoms with van der Waals surface area (Å²) in [6.45, 7) is 0.101. The van der Waals surface area contributed by atoms with Crippen molar-refractivity contribution < 1.29 is 15.3 Å². The van der Waals surface area contributed by atoms with Crippen LogP contribution in [-0.2, 0) is 0 Å². The molecule has 0 radical (unpaired) electrons. The van der Waals surface area contributed by atoms with Crippen LogP contribution in [0.15, 0.2) is 0 Å². The van der Waals surface area contributed by atoms with E-state index in [4.69, 9.17) is 5.11 Å². The Bertz CT molecular complexity index is 167. The van der Waals surface area contributed by atoms with E-state index in [1.807, 2.05) is 0 Å². The minimum absolute atomic E-state index is 0.0718. The van der Waals surface area contributed by atoms with Crippen molar-refractivity contribution in [1.29, 1.82) is 0 Å². The summed E-state index contributed by atoms with van der Waals surface area (Å²) >= 11 is 0. The van der Waals surface area contributed by atoms with E-state index in [1.165, 1.54) is 0 Å². The van der Waals surface area contributed by atoms with E-state index in [1.54, 1.807) is 0 Å². The largest absolute Gasteiger partial charge is 0.396 e. The Morgan fingerprint density at radius 1 is 1.27 bits per heavy atom. The van der Waals surface area contributed by atoms with Gasteiger partial charge in [0.15, 0.2) is 5.79 Å². The second kappa shape index (κ2) is 2.19. The molecule has 3 unspecified atom stereocenters. The van der Waals surface area contributed by atoms with Crippen LogP contribution in [0.3, 0.4) is 0 Å². The van der Waals surface area contributed by atoms with E-state index >= 15 is 0 Å². The van der Waals surface area contributed by atoms with Gasteiger partial charge < -0.3 is 15.3 Å². The molecule has 2 fully saturated rings. The van der Waals surface area contributed by atoms with Crippen molar-refractivity contribution in [2.75, 3.05) is 6.61 Å². The van der Waals surface area contributed by atoms with E-state index in [9.17, 15) is 10.2 Å². The second-order valence-corrected chi connectivity index (χ2v) is 3.97. The standard InChI is InChI=1S/C8H14O3/c9-4-6-1-5-2-7(6)8(10,11)3-5/h5-7,9-11H,1-4H2. The van der Waals surface area contributed by atoms with Gasteiger partial charge in [0.2, 0.25) is 0 Å². The smallest absolute Gasteiger partial charge is 0.165 e. The van der Waals surface area contributed by atoms with E-state index in [2.05, 4.69) is 0 Å². The highest BCUT2D eigenvalue weighted by atomic mass is 16.5. The van der Waals surface area contributed by atoms with Crippen LogP contribution in [0, 0.1) is 17.8 Å². The Kier molecular flexibility index (Phi) is 1.50. The van der Waals surface area contributed by atoms with Gasteiger partial charge in [0, 0.05) is 18.9 Å². The Labute approximate surface area is 65.7 Å². The van der Waals surface area contributed by atoms with Crippen molar-refractivity contribution in [1.82, 2.24) is 0 Å². The maximum atomic E-state index is 9.43. The third kappa shape index (κ3) is 0.991. The zero-order chi connectivity index (χ0) is 8.06. The fraction of sp³-hybridized carbons (Fsp3) is 1.00. The maximum Gasteiger partial charge on any atom is 0.165 e. The molecule has 3 heteroatoms. The number of rotatable bonds is 1. The molecule has 3 N–H and O–H groups in total. The molecule has 11 heavy (non-hydrogen) atoms. The average molecular weight is 158 g/mol. The van der Waals surface area contributed by atoms with Crippen LogP contribution in [0.4, 0.5) is 0 Å². The number of aliphatic hydroxyl groups is 3. The van der Waals surface area contributed by atoms with Gasteiger partial charge >= 0.3 is 0 Å². The van der Waals surface area contributed by atoms with Gasteiger partial charge in [0.25, 0.3) is 0 Å².